The molecule has 3 fully saturated rings. The fraction of sp³-hybridized carbons (Fsp3) is 0.857. The summed E-state index contributed by atoms with van der Waals surface area (Å²) in [4.78, 5) is 25.7. The molecule has 0 aromatic heterocycles. The first kappa shape index (κ1) is 13.3. The first-order chi connectivity index (χ1) is 9.15. The molecule has 2 saturated carbocycles. The molecular weight excluding hydrogens is 262 g/mol. The van der Waals surface area contributed by atoms with Gasteiger partial charge in [0, 0.05) is 11.7 Å². The average molecular weight is 283 g/mol. The number of thioether (sulfide) groups is 1. The van der Waals surface area contributed by atoms with Crippen LogP contribution in [0.2, 0.25) is 0 Å². The quantitative estimate of drug-likeness (QED) is 0.859. The van der Waals surface area contributed by atoms with Crippen molar-refractivity contribution in [1.82, 2.24) is 4.90 Å². The third-order valence-corrected chi connectivity index (χ3v) is 6.22. The number of amides is 1. The summed E-state index contributed by atoms with van der Waals surface area (Å²) < 4.78 is 0. The molecule has 4 unspecified atom stereocenters. The molecular formula is C14H21NO3S. The second-order valence-electron chi connectivity index (χ2n) is 5.96. The Bertz CT molecular complexity index is 390. The van der Waals surface area contributed by atoms with E-state index in [4.69, 9.17) is 0 Å². The number of aliphatic carboxylic acids is 1. The molecule has 1 saturated heterocycles. The van der Waals surface area contributed by atoms with Gasteiger partial charge in [-0.1, -0.05) is 19.8 Å². The van der Waals surface area contributed by atoms with Gasteiger partial charge in [0.15, 0.2) is 0 Å². The molecule has 0 aromatic rings. The Morgan fingerprint density at radius 3 is 2.58 bits per heavy atom. The zero-order valence-corrected chi connectivity index (χ0v) is 12.1. The van der Waals surface area contributed by atoms with Crippen LogP contribution in [0.25, 0.3) is 0 Å². The number of carboxylic acid groups (broad SMARTS) is 1. The van der Waals surface area contributed by atoms with Gasteiger partial charge in [0.1, 0.15) is 6.04 Å². The zero-order valence-electron chi connectivity index (χ0n) is 11.2. The van der Waals surface area contributed by atoms with Gasteiger partial charge in [0.25, 0.3) is 0 Å². The van der Waals surface area contributed by atoms with Crippen LogP contribution in [0, 0.1) is 17.8 Å². The van der Waals surface area contributed by atoms with E-state index in [1.807, 2.05) is 0 Å². The maximum Gasteiger partial charge on any atom is 0.327 e. The first-order valence-corrected chi connectivity index (χ1v) is 8.36. The second kappa shape index (κ2) is 5.00. The molecule has 1 amide bonds. The monoisotopic (exact) mass is 283 g/mol. The van der Waals surface area contributed by atoms with Gasteiger partial charge in [-0.05, 0) is 31.1 Å². The molecule has 0 aromatic carbocycles. The SMILES string of the molecule is CCCC1SCC(C(=O)O)N1C(=O)C1C2CCCC21. The zero-order chi connectivity index (χ0) is 13.6. The molecule has 19 heavy (non-hydrogen) atoms. The molecule has 3 rings (SSSR count). The Balaban J connectivity index is 1.74. The van der Waals surface area contributed by atoms with E-state index in [1.54, 1.807) is 16.7 Å². The van der Waals surface area contributed by atoms with Crippen LogP contribution in [0.15, 0.2) is 0 Å². The molecule has 3 aliphatic rings. The molecule has 1 heterocycles. The second-order valence-corrected chi connectivity index (χ2v) is 7.17. The van der Waals surface area contributed by atoms with Crippen molar-refractivity contribution in [3.05, 3.63) is 0 Å². The topological polar surface area (TPSA) is 57.6 Å². The van der Waals surface area contributed by atoms with Crippen LogP contribution in [-0.2, 0) is 9.59 Å². The maximum atomic E-state index is 12.7. The minimum atomic E-state index is -0.842. The molecule has 106 valence electrons. The Kier molecular flexibility index (Phi) is 3.50. The Hall–Kier alpha value is -0.710. The predicted molar refractivity (Wildman–Crippen MR) is 73.7 cm³/mol. The third kappa shape index (κ3) is 2.16. The van der Waals surface area contributed by atoms with Crippen molar-refractivity contribution in [3.63, 3.8) is 0 Å². The summed E-state index contributed by atoms with van der Waals surface area (Å²) in [5.41, 5.74) is 0. The fourth-order valence-corrected chi connectivity index (χ4v) is 5.40. The number of carbonyl (C=O) groups excluding carboxylic acids is 1. The molecule has 4 nitrogen and oxygen atoms in total. The summed E-state index contributed by atoms with van der Waals surface area (Å²) in [5, 5.41) is 9.40. The highest BCUT2D eigenvalue weighted by Gasteiger charge is 2.59. The van der Waals surface area contributed by atoms with Gasteiger partial charge in [-0.15, -0.1) is 11.8 Å². The highest BCUT2D eigenvalue weighted by molar-refractivity contribution is 8.00. The summed E-state index contributed by atoms with van der Waals surface area (Å²) in [6.45, 7) is 2.09. The number of carboxylic acids is 1. The molecule has 0 bridgehead atoms. The number of fused-ring (bicyclic) bond motifs is 1. The minimum absolute atomic E-state index is 0.0833. The largest absolute Gasteiger partial charge is 0.480 e. The van der Waals surface area contributed by atoms with E-state index in [2.05, 4.69) is 6.92 Å². The molecule has 1 aliphatic heterocycles. The van der Waals surface area contributed by atoms with Crippen molar-refractivity contribution in [2.24, 2.45) is 17.8 Å². The fourth-order valence-electron chi connectivity index (χ4n) is 3.88. The van der Waals surface area contributed by atoms with E-state index < -0.39 is 12.0 Å². The Morgan fingerprint density at radius 1 is 1.32 bits per heavy atom. The van der Waals surface area contributed by atoms with Crippen LogP contribution in [0.3, 0.4) is 0 Å². The number of carbonyl (C=O) groups is 2. The molecule has 0 radical (unpaired) electrons. The molecule has 1 N–H and O–H groups in total. The van der Waals surface area contributed by atoms with Crippen molar-refractivity contribution in [1.29, 1.82) is 0 Å². The summed E-state index contributed by atoms with van der Waals surface area (Å²) in [6.07, 6.45) is 5.47. The van der Waals surface area contributed by atoms with Crippen molar-refractivity contribution in [2.75, 3.05) is 5.75 Å². The number of nitrogens with zero attached hydrogens (tertiary/aromatic N) is 1. The van der Waals surface area contributed by atoms with E-state index in [0.29, 0.717) is 17.6 Å². The smallest absolute Gasteiger partial charge is 0.327 e. The van der Waals surface area contributed by atoms with Gasteiger partial charge in [-0.25, -0.2) is 4.79 Å². The average Bonchev–Trinajstić information content (AvgIpc) is 2.78. The van der Waals surface area contributed by atoms with Crippen molar-refractivity contribution in [2.45, 2.75) is 50.4 Å². The lowest BCUT2D eigenvalue weighted by Crippen LogP contribution is -2.46. The Labute approximate surface area is 117 Å². The van der Waals surface area contributed by atoms with Gasteiger partial charge < -0.3 is 10.0 Å². The lowest BCUT2D eigenvalue weighted by molar-refractivity contribution is -0.150. The van der Waals surface area contributed by atoms with E-state index in [9.17, 15) is 14.7 Å². The molecule has 0 spiro atoms. The van der Waals surface area contributed by atoms with Crippen molar-refractivity contribution >= 4 is 23.6 Å². The predicted octanol–water partition coefficient (Wildman–Crippen LogP) is 2.19. The van der Waals surface area contributed by atoms with E-state index in [-0.39, 0.29) is 17.2 Å². The third-order valence-electron chi connectivity index (χ3n) is 4.86. The maximum absolute atomic E-state index is 12.7. The number of hydrogen-bond acceptors (Lipinski definition) is 3. The highest BCUT2D eigenvalue weighted by Crippen LogP contribution is 2.58. The Morgan fingerprint density at radius 2 is 2.00 bits per heavy atom. The molecule has 4 atom stereocenters. The molecule has 2 aliphatic carbocycles. The van der Waals surface area contributed by atoms with Gasteiger partial charge in [-0.2, -0.15) is 0 Å². The summed E-state index contributed by atoms with van der Waals surface area (Å²) in [6, 6.07) is -0.602. The van der Waals surface area contributed by atoms with Crippen LogP contribution in [0.5, 0.6) is 0 Å². The first-order valence-electron chi connectivity index (χ1n) is 7.31. The molecule has 5 heteroatoms. The van der Waals surface area contributed by atoms with E-state index in [1.165, 1.54) is 6.42 Å². The lowest BCUT2D eigenvalue weighted by Gasteiger charge is -2.28. The van der Waals surface area contributed by atoms with Crippen LogP contribution >= 0.6 is 11.8 Å². The van der Waals surface area contributed by atoms with Crippen LogP contribution in [-0.4, -0.2) is 39.1 Å². The van der Waals surface area contributed by atoms with Gasteiger partial charge in [-0.3, -0.25) is 4.79 Å². The summed E-state index contributed by atoms with van der Waals surface area (Å²) in [5.74, 6) is 1.11. The van der Waals surface area contributed by atoms with Crippen molar-refractivity contribution < 1.29 is 14.7 Å². The highest BCUT2D eigenvalue weighted by atomic mass is 32.2. The summed E-state index contributed by atoms with van der Waals surface area (Å²) >= 11 is 1.64. The van der Waals surface area contributed by atoms with Crippen molar-refractivity contribution in [3.8, 4) is 0 Å². The van der Waals surface area contributed by atoms with Gasteiger partial charge in [0.05, 0.1) is 5.37 Å². The normalized spacial score (nSPS) is 40.3. The minimum Gasteiger partial charge on any atom is -0.480 e. The van der Waals surface area contributed by atoms with Crippen LogP contribution in [0.1, 0.15) is 39.0 Å². The van der Waals surface area contributed by atoms with E-state index >= 15 is 0 Å². The summed E-state index contributed by atoms with van der Waals surface area (Å²) in [7, 11) is 0. The lowest BCUT2D eigenvalue weighted by atomic mass is 10.1. The van der Waals surface area contributed by atoms with Gasteiger partial charge in [0.2, 0.25) is 5.91 Å². The number of rotatable bonds is 4. The standard InChI is InChI=1S/C14H21NO3S/c1-2-4-11-15(10(7-19-11)14(17)18)13(16)12-8-5-3-6-9(8)12/h8-12H,2-7H2,1H3,(H,17,18). The van der Waals surface area contributed by atoms with Crippen LogP contribution in [0.4, 0.5) is 0 Å². The van der Waals surface area contributed by atoms with Gasteiger partial charge >= 0.3 is 5.97 Å². The number of hydrogen-bond donors (Lipinski definition) is 1. The van der Waals surface area contributed by atoms with E-state index in [0.717, 1.165) is 25.7 Å². The van der Waals surface area contributed by atoms with Crippen LogP contribution < -0.4 is 0 Å².